The largest absolute Gasteiger partial charge is 0.550 e. The highest BCUT2D eigenvalue weighted by molar-refractivity contribution is 5.68. The molecule has 1 saturated carbocycles. The third kappa shape index (κ3) is 4.11. The van der Waals surface area contributed by atoms with Gasteiger partial charge in [-0.05, 0) is 70.6 Å². The Kier molecular flexibility index (Phi) is 4.49. The van der Waals surface area contributed by atoms with E-state index in [-0.39, 0.29) is 17.4 Å². The molecule has 0 aromatic heterocycles. The highest BCUT2D eigenvalue weighted by Crippen LogP contribution is 2.45. The van der Waals surface area contributed by atoms with Crippen molar-refractivity contribution in [2.75, 3.05) is 13.1 Å². The number of rotatable bonds is 1. The second-order valence-corrected chi connectivity index (χ2v) is 7.60. The van der Waals surface area contributed by atoms with Crippen molar-refractivity contribution in [3.63, 3.8) is 0 Å². The lowest BCUT2D eigenvalue weighted by Gasteiger charge is -2.47. The Hall–Kier alpha value is -1.26. The predicted octanol–water partition coefficient (Wildman–Crippen LogP) is 1.94. The van der Waals surface area contributed by atoms with Gasteiger partial charge in [0.25, 0.3) is 0 Å². The summed E-state index contributed by atoms with van der Waals surface area (Å²) in [6.07, 6.45) is 4.87. The summed E-state index contributed by atoms with van der Waals surface area (Å²) in [6.45, 7) is 7.04. The van der Waals surface area contributed by atoms with E-state index in [0.717, 1.165) is 32.2 Å². The van der Waals surface area contributed by atoms with E-state index in [4.69, 9.17) is 4.74 Å². The number of carboxylic acids is 1. The first-order chi connectivity index (χ1) is 9.71. The summed E-state index contributed by atoms with van der Waals surface area (Å²) in [5.74, 6) is -1.24. The van der Waals surface area contributed by atoms with Crippen molar-refractivity contribution in [1.82, 2.24) is 4.90 Å². The van der Waals surface area contributed by atoms with Crippen molar-refractivity contribution in [3.8, 4) is 0 Å². The molecule has 0 radical (unpaired) electrons. The molecule has 21 heavy (non-hydrogen) atoms. The molecule has 2 aliphatic rings. The van der Waals surface area contributed by atoms with Crippen molar-refractivity contribution >= 4 is 12.1 Å². The third-order valence-corrected chi connectivity index (χ3v) is 4.69. The van der Waals surface area contributed by atoms with Crippen LogP contribution in [0.4, 0.5) is 4.79 Å². The van der Waals surface area contributed by atoms with Gasteiger partial charge in [0.05, 0.1) is 0 Å². The van der Waals surface area contributed by atoms with E-state index in [9.17, 15) is 14.7 Å². The van der Waals surface area contributed by atoms with Gasteiger partial charge in [-0.25, -0.2) is 4.79 Å². The molecule has 0 unspecified atom stereocenters. The van der Waals surface area contributed by atoms with Gasteiger partial charge in [-0.2, -0.15) is 0 Å². The summed E-state index contributed by atoms with van der Waals surface area (Å²) < 4.78 is 5.45. The molecule has 2 rings (SSSR count). The van der Waals surface area contributed by atoms with Gasteiger partial charge >= 0.3 is 6.09 Å². The highest BCUT2D eigenvalue weighted by atomic mass is 16.6. The number of carbonyl (C=O) groups excluding carboxylic acids is 2. The Balaban J connectivity index is 1.95. The van der Waals surface area contributed by atoms with Crippen molar-refractivity contribution < 1.29 is 19.4 Å². The van der Waals surface area contributed by atoms with Crippen LogP contribution in [0.1, 0.15) is 59.3 Å². The fourth-order valence-electron chi connectivity index (χ4n) is 3.56. The first kappa shape index (κ1) is 16.1. The zero-order chi connectivity index (χ0) is 15.7. The van der Waals surface area contributed by atoms with Crippen LogP contribution < -0.4 is 5.11 Å². The van der Waals surface area contributed by atoms with Crippen LogP contribution in [0, 0.1) is 11.3 Å². The average molecular weight is 296 g/mol. The number of hydrogen-bond acceptors (Lipinski definition) is 4. The molecule has 1 aliphatic carbocycles. The Labute approximate surface area is 126 Å². The molecule has 0 aromatic rings. The topological polar surface area (TPSA) is 69.7 Å². The van der Waals surface area contributed by atoms with Crippen molar-refractivity contribution in [2.24, 2.45) is 11.3 Å². The maximum atomic E-state index is 12.2. The van der Waals surface area contributed by atoms with Gasteiger partial charge in [-0.1, -0.05) is 0 Å². The standard InChI is InChI=1S/C16H27NO4/c1-15(2,3)21-14(20)17-10-4-7-16(11-17)8-5-12(6-9-16)13(18)19/h12H,4-11H2,1-3H3,(H,18,19)/p-1. The fourth-order valence-corrected chi connectivity index (χ4v) is 3.56. The lowest BCUT2D eigenvalue weighted by Crippen LogP contribution is -2.49. The molecule has 5 heteroatoms. The lowest BCUT2D eigenvalue weighted by molar-refractivity contribution is -0.313. The van der Waals surface area contributed by atoms with Gasteiger partial charge in [0.2, 0.25) is 0 Å². The monoisotopic (exact) mass is 296 g/mol. The van der Waals surface area contributed by atoms with E-state index < -0.39 is 11.6 Å². The molecule has 2 fully saturated rings. The SMILES string of the molecule is CC(C)(C)OC(=O)N1CCCC2(CCC(C(=O)[O-])CC2)C1. The summed E-state index contributed by atoms with van der Waals surface area (Å²) in [4.78, 5) is 25.0. The number of aliphatic carboxylic acids is 1. The number of ether oxygens (including phenoxy) is 1. The number of hydrogen-bond donors (Lipinski definition) is 0. The normalized spacial score (nSPS) is 30.2. The minimum atomic E-state index is -0.926. The molecule has 120 valence electrons. The van der Waals surface area contributed by atoms with E-state index in [1.807, 2.05) is 20.8 Å². The van der Waals surface area contributed by atoms with Gasteiger partial charge in [0, 0.05) is 19.1 Å². The number of carbonyl (C=O) groups is 2. The molecule has 1 heterocycles. The Bertz CT molecular complexity index is 405. The minimum absolute atomic E-state index is 0.0844. The van der Waals surface area contributed by atoms with Gasteiger partial charge in [0.1, 0.15) is 5.60 Å². The maximum absolute atomic E-state index is 12.2. The molecule has 0 aromatic carbocycles. The summed E-state index contributed by atoms with van der Waals surface area (Å²) >= 11 is 0. The molecule has 0 bridgehead atoms. The van der Waals surface area contributed by atoms with Gasteiger partial charge in [-0.15, -0.1) is 0 Å². The summed E-state index contributed by atoms with van der Waals surface area (Å²) in [5, 5.41) is 11.0. The minimum Gasteiger partial charge on any atom is -0.550 e. The van der Waals surface area contributed by atoms with Crippen LogP contribution in [0.15, 0.2) is 0 Å². The molecule has 1 spiro atoms. The van der Waals surface area contributed by atoms with Gasteiger partial charge in [-0.3, -0.25) is 0 Å². The molecule has 1 saturated heterocycles. The Morgan fingerprint density at radius 1 is 1.19 bits per heavy atom. The zero-order valence-corrected chi connectivity index (χ0v) is 13.3. The number of amides is 1. The quantitative estimate of drug-likeness (QED) is 0.741. The van der Waals surface area contributed by atoms with Crippen LogP contribution in [-0.2, 0) is 9.53 Å². The van der Waals surface area contributed by atoms with E-state index in [1.54, 1.807) is 4.90 Å². The second kappa shape index (κ2) is 5.85. The maximum Gasteiger partial charge on any atom is 0.410 e. The second-order valence-electron chi connectivity index (χ2n) is 7.60. The van der Waals surface area contributed by atoms with Crippen LogP contribution in [0.25, 0.3) is 0 Å². The van der Waals surface area contributed by atoms with Crippen LogP contribution in [-0.4, -0.2) is 35.7 Å². The molecule has 1 amide bonds. The van der Waals surface area contributed by atoms with Crippen molar-refractivity contribution in [3.05, 3.63) is 0 Å². The van der Waals surface area contributed by atoms with E-state index in [2.05, 4.69) is 0 Å². The number of carboxylic acid groups (broad SMARTS) is 1. The smallest absolute Gasteiger partial charge is 0.410 e. The summed E-state index contributed by atoms with van der Waals surface area (Å²) in [7, 11) is 0. The molecular formula is C16H26NO4-. The molecule has 1 aliphatic heterocycles. The summed E-state index contributed by atoms with van der Waals surface area (Å²) in [5.41, 5.74) is -0.393. The first-order valence-corrected chi connectivity index (χ1v) is 7.90. The van der Waals surface area contributed by atoms with Gasteiger partial charge < -0.3 is 19.5 Å². The molecule has 5 nitrogen and oxygen atoms in total. The van der Waals surface area contributed by atoms with E-state index in [1.165, 1.54) is 0 Å². The predicted molar refractivity (Wildman–Crippen MR) is 76.4 cm³/mol. The van der Waals surface area contributed by atoms with Crippen LogP contribution >= 0.6 is 0 Å². The Morgan fingerprint density at radius 2 is 1.81 bits per heavy atom. The van der Waals surface area contributed by atoms with Crippen molar-refractivity contribution in [1.29, 1.82) is 0 Å². The zero-order valence-electron chi connectivity index (χ0n) is 13.3. The van der Waals surface area contributed by atoms with E-state index >= 15 is 0 Å². The van der Waals surface area contributed by atoms with Crippen molar-refractivity contribution in [2.45, 2.75) is 64.9 Å². The van der Waals surface area contributed by atoms with Gasteiger partial charge in [0.15, 0.2) is 0 Å². The van der Waals surface area contributed by atoms with Crippen LogP contribution in [0.2, 0.25) is 0 Å². The Morgan fingerprint density at radius 3 is 2.33 bits per heavy atom. The fraction of sp³-hybridized carbons (Fsp3) is 0.875. The first-order valence-electron chi connectivity index (χ1n) is 7.90. The molecule has 0 N–H and O–H groups in total. The van der Waals surface area contributed by atoms with E-state index in [0.29, 0.717) is 19.4 Å². The summed E-state index contributed by atoms with van der Waals surface area (Å²) in [6, 6.07) is 0. The number of likely N-dealkylation sites (tertiary alicyclic amines) is 1. The molecular weight excluding hydrogens is 270 g/mol. The third-order valence-electron chi connectivity index (χ3n) is 4.69. The average Bonchev–Trinajstić information content (AvgIpc) is 2.37. The van der Waals surface area contributed by atoms with Crippen LogP contribution in [0.5, 0.6) is 0 Å². The number of piperidine rings is 1. The van der Waals surface area contributed by atoms with Crippen LogP contribution in [0.3, 0.4) is 0 Å². The lowest BCUT2D eigenvalue weighted by atomic mass is 9.66. The number of nitrogens with zero attached hydrogens (tertiary/aromatic N) is 1. The highest BCUT2D eigenvalue weighted by Gasteiger charge is 2.41. The molecule has 0 atom stereocenters.